The highest BCUT2D eigenvalue weighted by Crippen LogP contribution is 2.16. The number of nitro groups is 1. The summed E-state index contributed by atoms with van der Waals surface area (Å²) in [5.41, 5.74) is 1.18. The average molecular weight is 317 g/mol. The summed E-state index contributed by atoms with van der Waals surface area (Å²) in [6, 6.07) is 6.57. The molecule has 0 spiro atoms. The number of non-ortho nitro benzene ring substituents is 1. The molecule has 0 heterocycles. The summed E-state index contributed by atoms with van der Waals surface area (Å²) in [6.07, 6.45) is 0. The van der Waals surface area contributed by atoms with E-state index >= 15 is 0 Å². The number of nitrogens with zero attached hydrogens (tertiary/aromatic N) is 2. The summed E-state index contributed by atoms with van der Waals surface area (Å²) in [5.74, 6) is 1.65. The van der Waals surface area contributed by atoms with Crippen LogP contribution < -0.4 is 0 Å². The highest BCUT2D eigenvalue weighted by molar-refractivity contribution is 7.98. The smallest absolute Gasteiger partial charge is 0.258 e. The molecule has 0 saturated carbocycles. The maximum Gasteiger partial charge on any atom is 0.269 e. The van der Waals surface area contributed by atoms with E-state index in [1.165, 1.54) is 12.1 Å². The number of quaternary nitrogens is 1. The minimum Gasteiger partial charge on any atom is -0.258 e. The van der Waals surface area contributed by atoms with Crippen LogP contribution in [-0.4, -0.2) is 41.2 Å². The summed E-state index contributed by atoms with van der Waals surface area (Å²) in [6.45, 7) is 8.68. The molecule has 0 aliphatic heterocycles. The van der Waals surface area contributed by atoms with Crippen LogP contribution in [0.5, 0.6) is 0 Å². The number of benzene rings is 1. The lowest BCUT2D eigenvalue weighted by Crippen LogP contribution is -2.37. The van der Waals surface area contributed by atoms with Crippen molar-refractivity contribution in [1.29, 1.82) is 0 Å². The zero-order chi connectivity index (χ0) is 16.9. The third-order valence-corrected chi connectivity index (χ3v) is 3.21. The first-order valence-corrected chi connectivity index (χ1v) is 8.41. The van der Waals surface area contributed by atoms with Crippen LogP contribution in [0.3, 0.4) is 0 Å². The summed E-state index contributed by atoms with van der Waals surface area (Å²) in [5, 5.41) is 19.9. The normalized spacial score (nSPS) is 9.86. The predicted octanol–water partition coefficient (Wildman–Crippen LogP) is 4.35. The molecule has 5 nitrogen and oxygen atoms in total. The number of nitro benzene ring substituents is 1. The van der Waals surface area contributed by atoms with E-state index in [0.29, 0.717) is 6.54 Å². The van der Waals surface area contributed by atoms with Crippen LogP contribution in [-0.2, 0) is 5.75 Å². The van der Waals surface area contributed by atoms with Crippen LogP contribution in [0.1, 0.15) is 33.3 Å². The summed E-state index contributed by atoms with van der Waals surface area (Å²) >= 11 is 1.70. The van der Waals surface area contributed by atoms with Gasteiger partial charge >= 0.3 is 0 Å². The number of hydrogen-bond donors (Lipinski definition) is 1. The molecule has 0 saturated heterocycles. The Morgan fingerprint density at radius 2 is 1.62 bits per heavy atom. The molecule has 0 unspecified atom stereocenters. The van der Waals surface area contributed by atoms with Gasteiger partial charge in [-0.05, 0) is 5.56 Å². The molecule has 0 bridgehead atoms. The molecule has 1 rings (SSSR count). The molecule has 1 N–H and O–H groups in total. The van der Waals surface area contributed by atoms with E-state index in [1.54, 1.807) is 38.0 Å². The van der Waals surface area contributed by atoms with Gasteiger partial charge in [-0.15, -0.1) is 0 Å². The van der Waals surface area contributed by atoms with Gasteiger partial charge in [-0.1, -0.05) is 39.8 Å². The van der Waals surface area contributed by atoms with Gasteiger partial charge < -0.3 is 0 Å². The van der Waals surface area contributed by atoms with Crippen molar-refractivity contribution in [2.24, 2.45) is 0 Å². The van der Waals surface area contributed by atoms with E-state index in [0.717, 1.165) is 17.1 Å². The van der Waals surface area contributed by atoms with Gasteiger partial charge in [0.25, 0.3) is 5.69 Å². The first-order valence-electron chi connectivity index (χ1n) is 7.25. The number of thioether (sulfide) groups is 1. The lowest BCUT2D eigenvalue weighted by Gasteiger charge is -2.18. The van der Waals surface area contributed by atoms with E-state index in [1.807, 2.05) is 27.7 Å². The van der Waals surface area contributed by atoms with Crippen molar-refractivity contribution >= 4 is 17.4 Å². The Balaban J connectivity index is 0. The standard InChI is InChI=1S/C11H17N2O3S.2C2H6/c1-13(2,16)7-8-17-9-10-3-5-11(6-4-10)12(14)15;2*1-2/h3-6,16H,7-9H2,1-2H3;2*1-2H3/q+1;;. The number of hydroxylamine groups is 3. The molecular weight excluding hydrogens is 288 g/mol. The van der Waals surface area contributed by atoms with Crippen molar-refractivity contribution < 1.29 is 14.8 Å². The second-order valence-corrected chi connectivity index (χ2v) is 5.43. The first kappa shape index (κ1) is 22.2. The Morgan fingerprint density at radius 3 is 2.00 bits per heavy atom. The lowest BCUT2D eigenvalue weighted by atomic mass is 10.2. The molecule has 0 aliphatic carbocycles. The lowest BCUT2D eigenvalue weighted by molar-refractivity contribution is -1.07. The van der Waals surface area contributed by atoms with Gasteiger partial charge in [0.15, 0.2) is 0 Å². The van der Waals surface area contributed by atoms with Crippen molar-refractivity contribution in [2.45, 2.75) is 33.4 Å². The van der Waals surface area contributed by atoms with Crippen molar-refractivity contribution in [3.05, 3.63) is 39.9 Å². The molecule has 0 aromatic heterocycles. The molecule has 122 valence electrons. The Morgan fingerprint density at radius 1 is 1.14 bits per heavy atom. The first-order chi connectivity index (χ1) is 9.88. The van der Waals surface area contributed by atoms with Gasteiger partial charge in [-0.25, -0.2) is 5.21 Å². The van der Waals surface area contributed by atoms with Crippen LogP contribution in [0, 0.1) is 10.1 Å². The van der Waals surface area contributed by atoms with E-state index in [2.05, 4.69) is 0 Å². The van der Waals surface area contributed by atoms with Crippen molar-refractivity contribution in [2.75, 3.05) is 26.4 Å². The quantitative estimate of drug-likeness (QED) is 0.367. The van der Waals surface area contributed by atoms with Gasteiger partial charge in [-0.3, -0.25) is 10.1 Å². The second kappa shape index (κ2) is 12.6. The molecule has 21 heavy (non-hydrogen) atoms. The third kappa shape index (κ3) is 12.3. The van der Waals surface area contributed by atoms with E-state index < -0.39 is 4.92 Å². The Bertz CT molecular complexity index is 376. The van der Waals surface area contributed by atoms with Crippen molar-refractivity contribution in [3.8, 4) is 0 Å². The molecule has 1 aromatic carbocycles. The van der Waals surface area contributed by atoms with Crippen LogP contribution in [0.15, 0.2) is 24.3 Å². The summed E-state index contributed by atoms with van der Waals surface area (Å²) < 4.78 is -0.0345. The van der Waals surface area contributed by atoms with Crippen LogP contribution in [0.25, 0.3) is 0 Å². The molecule has 0 amide bonds. The van der Waals surface area contributed by atoms with Crippen LogP contribution in [0.4, 0.5) is 5.69 Å². The number of rotatable bonds is 6. The van der Waals surface area contributed by atoms with Crippen molar-refractivity contribution in [3.63, 3.8) is 0 Å². The monoisotopic (exact) mass is 317 g/mol. The topological polar surface area (TPSA) is 63.4 Å². The zero-order valence-corrected chi connectivity index (χ0v) is 14.8. The minimum atomic E-state index is -0.400. The fourth-order valence-corrected chi connectivity index (χ4v) is 2.34. The summed E-state index contributed by atoms with van der Waals surface area (Å²) in [7, 11) is 3.46. The fourth-order valence-electron chi connectivity index (χ4n) is 1.19. The zero-order valence-electron chi connectivity index (χ0n) is 14.0. The molecular formula is C15H29N2O3S+. The van der Waals surface area contributed by atoms with Gasteiger partial charge in [0, 0.05) is 23.6 Å². The van der Waals surface area contributed by atoms with Gasteiger partial charge in [0.05, 0.1) is 19.0 Å². The minimum absolute atomic E-state index is 0.0345. The maximum absolute atomic E-state index is 10.5. The average Bonchev–Trinajstić information content (AvgIpc) is 2.47. The molecule has 1 aromatic rings. The van der Waals surface area contributed by atoms with E-state index in [9.17, 15) is 15.3 Å². The van der Waals surface area contributed by atoms with Gasteiger partial charge in [-0.2, -0.15) is 16.4 Å². The largest absolute Gasteiger partial charge is 0.269 e. The highest BCUT2D eigenvalue weighted by atomic mass is 32.2. The molecule has 0 atom stereocenters. The van der Waals surface area contributed by atoms with E-state index in [-0.39, 0.29) is 10.3 Å². The SMILES string of the molecule is CC.CC.C[N+](C)(O)CCSCc1ccc([N+](=O)[O-])cc1. The summed E-state index contributed by atoms with van der Waals surface area (Å²) in [4.78, 5) is 10.1. The van der Waals surface area contributed by atoms with Crippen LogP contribution in [0.2, 0.25) is 0 Å². The molecule has 6 heteroatoms. The Hall–Kier alpha value is -1.11. The van der Waals surface area contributed by atoms with Gasteiger partial charge in [0.2, 0.25) is 0 Å². The third-order valence-electron chi connectivity index (χ3n) is 2.20. The number of hydrogen-bond acceptors (Lipinski definition) is 4. The molecule has 0 aliphatic rings. The van der Waals surface area contributed by atoms with Crippen molar-refractivity contribution in [1.82, 2.24) is 0 Å². The Kier molecular flexibility index (Phi) is 13.3. The maximum atomic E-state index is 10.5. The fraction of sp³-hybridized carbons (Fsp3) is 0.600. The molecule has 0 radical (unpaired) electrons. The second-order valence-electron chi connectivity index (χ2n) is 4.32. The Labute approximate surface area is 132 Å². The van der Waals surface area contributed by atoms with E-state index in [4.69, 9.17) is 0 Å². The predicted molar refractivity (Wildman–Crippen MR) is 90.7 cm³/mol. The van der Waals surface area contributed by atoms with Gasteiger partial charge in [0.1, 0.15) is 6.54 Å². The highest BCUT2D eigenvalue weighted by Gasteiger charge is 2.09. The molecule has 0 fully saturated rings. The van der Waals surface area contributed by atoms with Crippen LogP contribution >= 0.6 is 11.8 Å².